The predicted octanol–water partition coefficient (Wildman–Crippen LogP) is 2.74. The summed E-state index contributed by atoms with van der Waals surface area (Å²) in [4.78, 5) is 32.4. The lowest BCUT2D eigenvalue weighted by atomic mass is 9.74. The molecule has 0 radical (unpaired) electrons. The van der Waals surface area contributed by atoms with E-state index in [4.69, 9.17) is 4.74 Å². The average molecular weight is 549 g/mol. The van der Waals surface area contributed by atoms with Crippen molar-refractivity contribution >= 4 is 27.5 Å². The third-order valence-corrected chi connectivity index (χ3v) is 8.65. The number of sulfonamides is 1. The Morgan fingerprint density at radius 3 is 2.38 bits per heavy atom. The molecule has 2 aliphatic heterocycles. The lowest BCUT2D eigenvalue weighted by Crippen LogP contribution is -2.55. The number of carbonyl (C=O) groups is 2. The minimum absolute atomic E-state index is 0.0125. The van der Waals surface area contributed by atoms with E-state index in [9.17, 15) is 18.0 Å². The van der Waals surface area contributed by atoms with Crippen LogP contribution >= 0.6 is 0 Å². The molecular weight excluding hydrogens is 516 g/mol. The number of pyridine rings is 1. The molecule has 2 amide bonds. The van der Waals surface area contributed by atoms with Crippen molar-refractivity contribution in [1.82, 2.24) is 15.2 Å². The van der Waals surface area contributed by atoms with Crippen molar-refractivity contribution in [1.29, 1.82) is 0 Å². The second-order valence-corrected chi connectivity index (χ2v) is 12.0. The molecule has 2 aromatic carbocycles. The molecule has 1 N–H and O–H groups in total. The molecule has 0 unspecified atom stereocenters. The van der Waals surface area contributed by atoms with Crippen molar-refractivity contribution in [3.8, 4) is 0 Å². The summed E-state index contributed by atoms with van der Waals surface area (Å²) in [6.07, 6.45) is 3.99. The van der Waals surface area contributed by atoms with E-state index in [0.717, 1.165) is 16.8 Å². The van der Waals surface area contributed by atoms with Gasteiger partial charge in [0.2, 0.25) is 15.9 Å². The zero-order valence-electron chi connectivity index (χ0n) is 21.8. The molecule has 2 aliphatic rings. The minimum atomic E-state index is -3.42. The highest BCUT2D eigenvalue weighted by Gasteiger charge is 2.47. The quantitative estimate of drug-likeness (QED) is 0.464. The summed E-state index contributed by atoms with van der Waals surface area (Å²) in [5, 5.41) is 2.82. The van der Waals surface area contributed by atoms with Crippen LogP contribution in [0.15, 0.2) is 79.0 Å². The number of amides is 2. The van der Waals surface area contributed by atoms with E-state index in [1.807, 2.05) is 54.6 Å². The molecule has 1 spiro atoms. The molecule has 1 atom stereocenters. The van der Waals surface area contributed by atoms with Crippen molar-refractivity contribution in [2.75, 3.05) is 36.8 Å². The van der Waals surface area contributed by atoms with Gasteiger partial charge in [-0.05, 0) is 42.2 Å². The molecule has 3 aromatic rings. The number of benzene rings is 2. The van der Waals surface area contributed by atoms with Crippen LogP contribution in [0.25, 0.3) is 0 Å². The molecule has 5 rings (SSSR count). The number of rotatable bonds is 8. The van der Waals surface area contributed by atoms with Gasteiger partial charge in [-0.15, -0.1) is 0 Å². The van der Waals surface area contributed by atoms with E-state index in [0.29, 0.717) is 39.1 Å². The largest absolute Gasteiger partial charge is 0.374 e. The predicted molar refractivity (Wildman–Crippen MR) is 148 cm³/mol. The highest BCUT2D eigenvalue weighted by molar-refractivity contribution is 7.92. The summed E-state index contributed by atoms with van der Waals surface area (Å²) in [5.41, 5.74) is 2.56. The molecule has 3 heterocycles. The Kier molecular flexibility index (Phi) is 7.67. The monoisotopic (exact) mass is 548 g/mol. The number of aromatic nitrogens is 1. The number of likely N-dealkylation sites (tertiary alicyclic amines) is 1. The van der Waals surface area contributed by atoms with Gasteiger partial charge in [-0.3, -0.25) is 18.9 Å². The van der Waals surface area contributed by atoms with Crippen LogP contribution in [-0.2, 0) is 31.6 Å². The minimum Gasteiger partial charge on any atom is -0.374 e. The molecule has 0 aliphatic carbocycles. The van der Waals surface area contributed by atoms with Gasteiger partial charge in [0.15, 0.2) is 0 Å². The number of ether oxygens (including phenoxy) is 1. The molecule has 10 heteroatoms. The number of hydrogen-bond acceptors (Lipinski definition) is 6. The topological polar surface area (TPSA) is 109 Å². The summed E-state index contributed by atoms with van der Waals surface area (Å²) in [7, 11) is -3.42. The zero-order valence-corrected chi connectivity index (χ0v) is 22.6. The first-order valence-corrected chi connectivity index (χ1v) is 14.8. The van der Waals surface area contributed by atoms with Crippen LogP contribution in [0, 0.1) is 0 Å². The number of hydrogen-bond donors (Lipinski definition) is 1. The highest BCUT2D eigenvalue weighted by Crippen LogP contribution is 2.47. The summed E-state index contributed by atoms with van der Waals surface area (Å²) >= 11 is 0. The highest BCUT2D eigenvalue weighted by atomic mass is 32.2. The first-order chi connectivity index (χ1) is 18.8. The van der Waals surface area contributed by atoms with E-state index in [1.165, 1.54) is 16.8 Å². The smallest absolute Gasteiger partial charge is 0.270 e. The van der Waals surface area contributed by atoms with E-state index in [2.05, 4.69) is 10.3 Å². The van der Waals surface area contributed by atoms with Gasteiger partial charge in [0.05, 0.1) is 25.2 Å². The van der Waals surface area contributed by atoms with Crippen LogP contribution in [0.2, 0.25) is 0 Å². The molecule has 1 fully saturated rings. The maximum atomic E-state index is 13.7. The molecule has 39 heavy (non-hydrogen) atoms. The summed E-state index contributed by atoms with van der Waals surface area (Å²) < 4.78 is 32.4. The summed E-state index contributed by atoms with van der Waals surface area (Å²) in [6.45, 7) is 1.58. The van der Waals surface area contributed by atoms with Gasteiger partial charge in [0.25, 0.3) is 5.91 Å². The lowest BCUT2D eigenvalue weighted by molar-refractivity contribution is -0.136. The Morgan fingerprint density at radius 2 is 1.69 bits per heavy atom. The SMILES string of the molecule is CS(=O)(=O)N1CC2(CCN(C(=O)[C@@H](COCc3ccccc3)NC(=O)c3ccccn3)CC2)c2ccccc21. The fourth-order valence-corrected chi connectivity index (χ4v) is 6.45. The normalized spacial score (nSPS) is 17.1. The van der Waals surface area contributed by atoms with E-state index in [-0.39, 0.29) is 23.6 Å². The van der Waals surface area contributed by atoms with Crippen LogP contribution in [0.1, 0.15) is 34.5 Å². The molecule has 0 bridgehead atoms. The van der Waals surface area contributed by atoms with Gasteiger partial charge in [-0.1, -0.05) is 54.6 Å². The number of nitrogens with one attached hydrogen (secondary N) is 1. The van der Waals surface area contributed by atoms with Gasteiger partial charge < -0.3 is 15.0 Å². The maximum Gasteiger partial charge on any atom is 0.270 e. The van der Waals surface area contributed by atoms with E-state index < -0.39 is 22.0 Å². The van der Waals surface area contributed by atoms with Crippen LogP contribution in [0.4, 0.5) is 5.69 Å². The molecule has 9 nitrogen and oxygen atoms in total. The average Bonchev–Trinajstić information content (AvgIpc) is 3.28. The van der Waals surface area contributed by atoms with Crippen LogP contribution < -0.4 is 9.62 Å². The van der Waals surface area contributed by atoms with Gasteiger partial charge >= 0.3 is 0 Å². The Balaban J connectivity index is 1.29. The Bertz CT molecular complexity index is 1420. The number of fused-ring (bicyclic) bond motifs is 2. The van der Waals surface area contributed by atoms with Gasteiger partial charge in [-0.2, -0.15) is 0 Å². The second kappa shape index (κ2) is 11.2. The number of para-hydroxylation sites is 1. The number of anilines is 1. The second-order valence-electron chi connectivity index (χ2n) is 10.1. The van der Waals surface area contributed by atoms with Crippen LogP contribution in [0.5, 0.6) is 0 Å². The fraction of sp³-hybridized carbons (Fsp3) is 0.345. The van der Waals surface area contributed by atoms with Gasteiger partial charge in [0, 0.05) is 31.2 Å². The van der Waals surface area contributed by atoms with Crippen molar-refractivity contribution in [2.24, 2.45) is 0 Å². The first-order valence-electron chi connectivity index (χ1n) is 13.0. The van der Waals surface area contributed by atoms with E-state index in [1.54, 1.807) is 23.1 Å². The number of piperidine rings is 1. The molecule has 1 aromatic heterocycles. The Labute approximate surface area is 228 Å². The zero-order chi connectivity index (χ0) is 27.5. The lowest BCUT2D eigenvalue weighted by Gasteiger charge is -2.40. The van der Waals surface area contributed by atoms with Crippen molar-refractivity contribution in [3.63, 3.8) is 0 Å². The molecule has 0 saturated carbocycles. The van der Waals surface area contributed by atoms with Crippen LogP contribution in [0.3, 0.4) is 0 Å². The third-order valence-electron chi connectivity index (χ3n) is 7.52. The van der Waals surface area contributed by atoms with Crippen molar-refractivity contribution < 1.29 is 22.7 Å². The van der Waals surface area contributed by atoms with Gasteiger partial charge in [-0.25, -0.2) is 8.42 Å². The van der Waals surface area contributed by atoms with Crippen LogP contribution in [-0.4, -0.2) is 68.7 Å². The number of carbonyl (C=O) groups excluding carboxylic acids is 2. The fourth-order valence-electron chi connectivity index (χ4n) is 5.46. The van der Waals surface area contributed by atoms with Gasteiger partial charge in [0.1, 0.15) is 11.7 Å². The molecular formula is C29H32N4O5S. The van der Waals surface area contributed by atoms with Crippen molar-refractivity contribution in [2.45, 2.75) is 30.9 Å². The summed E-state index contributed by atoms with van der Waals surface area (Å²) in [6, 6.07) is 21.4. The first kappa shape index (κ1) is 26.8. The standard InChI is InChI=1S/C29H32N4O5S/c1-39(36,37)33-21-29(23-11-5-6-13-26(23)33)14-17-32(18-15-29)28(35)25(20-38-19-22-9-3-2-4-10-22)31-27(34)24-12-7-8-16-30-24/h2-13,16,25H,14-15,17-21H2,1H3,(H,31,34)/t25-/m1/s1. The Morgan fingerprint density at radius 1 is 1.00 bits per heavy atom. The molecule has 1 saturated heterocycles. The van der Waals surface area contributed by atoms with E-state index >= 15 is 0 Å². The molecule has 204 valence electrons. The summed E-state index contributed by atoms with van der Waals surface area (Å²) in [5.74, 6) is -0.673. The number of nitrogens with zero attached hydrogens (tertiary/aromatic N) is 3. The third kappa shape index (κ3) is 5.81. The maximum absolute atomic E-state index is 13.7. The van der Waals surface area contributed by atoms with Crippen molar-refractivity contribution in [3.05, 3.63) is 95.8 Å². The Hall–Kier alpha value is -3.76.